The number of hydrogen-bond acceptors (Lipinski definition) is 4. The van der Waals surface area contributed by atoms with E-state index < -0.39 is 20.7 Å². The van der Waals surface area contributed by atoms with Crippen LogP contribution >= 0.6 is 0 Å². The lowest BCUT2D eigenvalue weighted by atomic mass is 9.97. The Balaban J connectivity index is 2.18. The zero-order valence-electron chi connectivity index (χ0n) is 10.4. The van der Waals surface area contributed by atoms with Gasteiger partial charge < -0.3 is 9.84 Å². The summed E-state index contributed by atoms with van der Waals surface area (Å²) in [7, 11) is -3.27. The Bertz CT molecular complexity index is 355. The van der Waals surface area contributed by atoms with Crippen LogP contribution in [0, 0.1) is 0 Å². The number of hydrogen-bond donors (Lipinski definition) is 1. The lowest BCUT2D eigenvalue weighted by molar-refractivity contribution is -0.0469. The maximum atomic E-state index is 12.5. The molecule has 1 aliphatic carbocycles. The number of aliphatic hydroxyl groups is 1. The van der Waals surface area contributed by atoms with E-state index >= 15 is 0 Å². The first kappa shape index (κ1) is 13.3. The third kappa shape index (κ3) is 2.66. The van der Waals surface area contributed by atoms with Gasteiger partial charge in [0.25, 0.3) is 0 Å². The van der Waals surface area contributed by atoms with Crippen LogP contribution in [0.1, 0.15) is 45.4 Å². The lowest BCUT2D eigenvalue weighted by Crippen LogP contribution is -2.54. The van der Waals surface area contributed by atoms with Gasteiger partial charge in [-0.15, -0.1) is 0 Å². The Kier molecular flexibility index (Phi) is 3.80. The lowest BCUT2D eigenvalue weighted by Gasteiger charge is -2.38. The Hall–Kier alpha value is -0.130. The van der Waals surface area contributed by atoms with Crippen molar-refractivity contribution in [2.45, 2.75) is 61.5 Å². The van der Waals surface area contributed by atoms with E-state index in [1.54, 1.807) is 6.92 Å². The second kappa shape index (κ2) is 4.86. The molecule has 1 saturated heterocycles. The van der Waals surface area contributed by atoms with Crippen molar-refractivity contribution in [1.82, 2.24) is 0 Å². The molecule has 1 N–H and O–H groups in total. The van der Waals surface area contributed by atoms with Gasteiger partial charge >= 0.3 is 0 Å². The summed E-state index contributed by atoms with van der Waals surface area (Å²) < 4.78 is 30.3. The molecule has 1 saturated carbocycles. The molecule has 100 valence electrons. The topological polar surface area (TPSA) is 63.6 Å². The van der Waals surface area contributed by atoms with Crippen LogP contribution in [0.5, 0.6) is 0 Å². The summed E-state index contributed by atoms with van der Waals surface area (Å²) in [5.74, 6) is 0. The zero-order chi connectivity index (χ0) is 12.5. The number of sulfone groups is 1. The number of rotatable bonds is 2. The molecule has 4 nitrogen and oxygen atoms in total. The second-order valence-corrected chi connectivity index (χ2v) is 7.93. The van der Waals surface area contributed by atoms with Gasteiger partial charge in [-0.05, 0) is 19.8 Å². The maximum Gasteiger partial charge on any atom is 0.161 e. The van der Waals surface area contributed by atoms with Crippen LogP contribution in [0.4, 0.5) is 0 Å². The van der Waals surface area contributed by atoms with E-state index in [1.807, 2.05) is 0 Å². The summed E-state index contributed by atoms with van der Waals surface area (Å²) in [6.07, 6.45) is 5.00. The van der Waals surface area contributed by atoms with Gasteiger partial charge in [-0.25, -0.2) is 8.42 Å². The summed E-state index contributed by atoms with van der Waals surface area (Å²) in [6.45, 7) is 2.22. The van der Waals surface area contributed by atoms with Crippen molar-refractivity contribution < 1.29 is 18.3 Å². The van der Waals surface area contributed by atoms with E-state index in [0.29, 0.717) is 13.0 Å². The highest BCUT2D eigenvalue weighted by Gasteiger charge is 2.47. The van der Waals surface area contributed by atoms with Crippen molar-refractivity contribution in [3.63, 3.8) is 0 Å². The molecule has 0 aromatic carbocycles. The molecule has 0 bridgehead atoms. The van der Waals surface area contributed by atoms with Crippen molar-refractivity contribution >= 4 is 9.84 Å². The molecule has 0 unspecified atom stereocenters. The van der Waals surface area contributed by atoms with Crippen molar-refractivity contribution in [2.24, 2.45) is 0 Å². The molecule has 5 heteroatoms. The average molecular weight is 262 g/mol. The van der Waals surface area contributed by atoms with Gasteiger partial charge in [0.05, 0.1) is 17.5 Å². The standard InChI is InChI=1S/C12H22O4S/c1-12(13)7-8-16-9-11(12)17(14,15)10-5-3-2-4-6-10/h10-11,13H,2-9H2,1H3/t11-,12+/m1/s1. The first-order valence-electron chi connectivity index (χ1n) is 6.47. The highest BCUT2D eigenvalue weighted by atomic mass is 32.2. The third-order valence-electron chi connectivity index (χ3n) is 4.13. The first-order valence-corrected chi connectivity index (χ1v) is 8.08. The molecule has 1 heterocycles. The number of ether oxygens (including phenoxy) is 1. The van der Waals surface area contributed by atoms with Gasteiger partial charge in [-0.2, -0.15) is 0 Å². The molecule has 2 aliphatic rings. The fourth-order valence-corrected chi connectivity index (χ4v) is 5.45. The minimum Gasteiger partial charge on any atom is -0.389 e. The third-order valence-corrected chi connectivity index (χ3v) is 6.97. The van der Waals surface area contributed by atoms with E-state index in [9.17, 15) is 13.5 Å². The molecule has 0 amide bonds. The predicted octanol–water partition coefficient (Wildman–Crippen LogP) is 1.27. The molecule has 2 rings (SSSR count). The predicted molar refractivity (Wildman–Crippen MR) is 65.6 cm³/mol. The summed E-state index contributed by atoms with van der Waals surface area (Å²) >= 11 is 0. The average Bonchev–Trinajstić information content (AvgIpc) is 2.29. The van der Waals surface area contributed by atoms with E-state index in [2.05, 4.69) is 0 Å². The quantitative estimate of drug-likeness (QED) is 0.814. The monoisotopic (exact) mass is 262 g/mol. The summed E-state index contributed by atoms with van der Waals surface area (Å²) in [5, 5.41) is 9.23. The second-order valence-electron chi connectivity index (χ2n) is 5.52. The van der Waals surface area contributed by atoms with Crippen LogP contribution in [-0.4, -0.2) is 42.8 Å². The van der Waals surface area contributed by atoms with Crippen LogP contribution in [0.25, 0.3) is 0 Å². The zero-order valence-corrected chi connectivity index (χ0v) is 11.2. The minimum absolute atomic E-state index is 0.145. The molecular formula is C12H22O4S. The molecule has 0 radical (unpaired) electrons. The van der Waals surface area contributed by atoms with Crippen LogP contribution < -0.4 is 0 Å². The Morgan fingerprint density at radius 1 is 1.24 bits per heavy atom. The Morgan fingerprint density at radius 2 is 1.88 bits per heavy atom. The van der Waals surface area contributed by atoms with Gasteiger partial charge in [0.2, 0.25) is 0 Å². The highest BCUT2D eigenvalue weighted by Crippen LogP contribution is 2.33. The fraction of sp³-hybridized carbons (Fsp3) is 1.00. The molecule has 17 heavy (non-hydrogen) atoms. The van der Waals surface area contributed by atoms with Crippen LogP contribution in [0.2, 0.25) is 0 Å². The van der Waals surface area contributed by atoms with Gasteiger partial charge in [0.15, 0.2) is 9.84 Å². The van der Waals surface area contributed by atoms with E-state index in [1.165, 1.54) is 0 Å². The smallest absolute Gasteiger partial charge is 0.161 e. The van der Waals surface area contributed by atoms with Crippen molar-refractivity contribution in [3.8, 4) is 0 Å². The normalized spacial score (nSPS) is 36.9. The van der Waals surface area contributed by atoms with Gasteiger partial charge in [0, 0.05) is 13.0 Å². The van der Waals surface area contributed by atoms with Gasteiger partial charge in [-0.3, -0.25) is 0 Å². The highest BCUT2D eigenvalue weighted by molar-refractivity contribution is 7.92. The van der Waals surface area contributed by atoms with Gasteiger partial charge in [-0.1, -0.05) is 19.3 Å². The molecule has 2 fully saturated rings. The molecule has 1 aliphatic heterocycles. The van der Waals surface area contributed by atoms with Crippen molar-refractivity contribution in [3.05, 3.63) is 0 Å². The van der Waals surface area contributed by atoms with Crippen LogP contribution in [0.15, 0.2) is 0 Å². The molecule has 0 aromatic rings. The Labute approximate surface area is 103 Å². The van der Waals surface area contributed by atoms with Crippen LogP contribution in [-0.2, 0) is 14.6 Å². The summed E-state index contributed by atoms with van der Waals surface area (Å²) in [5.41, 5.74) is -1.13. The van der Waals surface area contributed by atoms with E-state index in [-0.39, 0.29) is 11.9 Å². The summed E-state index contributed by atoms with van der Waals surface area (Å²) in [6, 6.07) is 0. The molecular weight excluding hydrogens is 240 g/mol. The van der Waals surface area contributed by atoms with Crippen LogP contribution in [0.3, 0.4) is 0 Å². The molecule has 0 aromatic heterocycles. The SMILES string of the molecule is C[C@]1(O)CCOC[C@H]1S(=O)(=O)C1CCCCC1. The largest absolute Gasteiger partial charge is 0.389 e. The van der Waals surface area contributed by atoms with E-state index in [0.717, 1.165) is 32.1 Å². The molecule has 0 spiro atoms. The minimum atomic E-state index is -3.27. The van der Waals surface area contributed by atoms with Crippen molar-refractivity contribution in [2.75, 3.05) is 13.2 Å². The maximum absolute atomic E-state index is 12.5. The van der Waals surface area contributed by atoms with Crippen molar-refractivity contribution in [1.29, 1.82) is 0 Å². The molecule has 2 atom stereocenters. The van der Waals surface area contributed by atoms with Gasteiger partial charge in [0.1, 0.15) is 5.25 Å². The van der Waals surface area contributed by atoms with E-state index in [4.69, 9.17) is 4.74 Å². The fourth-order valence-electron chi connectivity index (χ4n) is 2.88. The summed E-state index contributed by atoms with van der Waals surface area (Å²) in [4.78, 5) is 0. The Morgan fingerprint density at radius 3 is 2.47 bits per heavy atom. The first-order chi connectivity index (χ1) is 7.94.